The summed E-state index contributed by atoms with van der Waals surface area (Å²) in [7, 11) is 0. The summed E-state index contributed by atoms with van der Waals surface area (Å²) in [6.45, 7) is 3.13. The molecule has 4 heteroatoms. The largest absolute Gasteiger partial charge is 0.494 e. The van der Waals surface area contributed by atoms with Gasteiger partial charge in [-0.2, -0.15) is 0 Å². The molecular weight excluding hydrogens is 252 g/mol. The number of nitrogen functional groups attached to an aromatic ring is 1. The summed E-state index contributed by atoms with van der Waals surface area (Å²) in [4.78, 5) is 12.1. The fourth-order valence-electron chi connectivity index (χ4n) is 2.41. The van der Waals surface area contributed by atoms with Crippen LogP contribution in [0.5, 0.6) is 5.75 Å². The average Bonchev–Trinajstić information content (AvgIpc) is 2.91. The lowest BCUT2D eigenvalue weighted by molar-refractivity contribution is 0.0953. The molecule has 0 spiro atoms. The van der Waals surface area contributed by atoms with Gasteiger partial charge in [0.2, 0.25) is 0 Å². The van der Waals surface area contributed by atoms with Crippen LogP contribution in [0.3, 0.4) is 0 Å². The van der Waals surface area contributed by atoms with Crippen LogP contribution in [0, 0.1) is 0 Å². The molecule has 0 aliphatic heterocycles. The summed E-state index contributed by atoms with van der Waals surface area (Å²) in [6, 6.07) is 5.13. The van der Waals surface area contributed by atoms with E-state index in [0.29, 0.717) is 30.2 Å². The topological polar surface area (TPSA) is 64.3 Å². The molecule has 0 saturated carbocycles. The number of nitrogens with one attached hydrogen (secondary N) is 1. The van der Waals surface area contributed by atoms with Crippen LogP contribution < -0.4 is 15.8 Å². The molecule has 0 fully saturated rings. The second kappa shape index (κ2) is 6.98. The zero-order chi connectivity index (χ0) is 14.4. The molecular formula is C16H22N2O2. The quantitative estimate of drug-likeness (QED) is 0.619. The van der Waals surface area contributed by atoms with Crippen molar-refractivity contribution >= 4 is 11.6 Å². The summed E-state index contributed by atoms with van der Waals surface area (Å²) in [5.41, 5.74) is 8.33. The number of amides is 1. The molecule has 1 aliphatic carbocycles. The fourth-order valence-corrected chi connectivity index (χ4v) is 2.41. The number of ether oxygens (including phenoxy) is 1. The first-order valence-corrected chi connectivity index (χ1v) is 7.18. The van der Waals surface area contributed by atoms with Crippen molar-refractivity contribution in [2.75, 3.05) is 18.9 Å². The van der Waals surface area contributed by atoms with Gasteiger partial charge in [0.1, 0.15) is 5.75 Å². The van der Waals surface area contributed by atoms with Gasteiger partial charge in [-0.25, -0.2) is 0 Å². The van der Waals surface area contributed by atoms with E-state index in [0.717, 1.165) is 6.42 Å². The molecule has 0 unspecified atom stereocenters. The lowest BCUT2D eigenvalue weighted by Gasteiger charge is -2.09. The van der Waals surface area contributed by atoms with Crippen LogP contribution in [-0.4, -0.2) is 19.1 Å². The van der Waals surface area contributed by atoms with E-state index in [-0.39, 0.29) is 5.91 Å². The van der Waals surface area contributed by atoms with Gasteiger partial charge in [-0.15, -0.1) is 0 Å². The third kappa shape index (κ3) is 4.02. The minimum absolute atomic E-state index is 0.100. The Morgan fingerprint density at radius 2 is 2.25 bits per heavy atom. The van der Waals surface area contributed by atoms with Crippen molar-refractivity contribution in [3.05, 3.63) is 35.4 Å². The highest BCUT2D eigenvalue weighted by Crippen LogP contribution is 2.21. The SMILES string of the molecule is CCOc1cc(N)cc(C(=O)NCCC2=CCCC2)c1. The highest BCUT2D eigenvalue weighted by atomic mass is 16.5. The monoisotopic (exact) mass is 274 g/mol. The van der Waals surface area contributed by atoms with Crippen LogP contribution in [0.4, 0.5) is 5.69 Å². The molecule has 20 heavy (non-hydrogen) atoms. The molecule has 3 N–H and O–H groups in total. The van der Waals surface area contributed by atoms with Crippen LogP contribution in [0.25, 0.3) is 0 Å². The number of nitrogens with two attached hydrogens (primary N) is 1. The van der Waals surface area contributed by atoms with E-state index >= 15 is 0 Å². The first-order valence-electron chi connectivity index (χ1n) is 7.18. The average molecular weight is 274 g/mol. The highest BCUT2D eigenvalue weighted by molar-refractivity contribution is 5.95. The van der Waals surface area contributed by atoms with Crippen molar-refractivity contribution in [2.45, 2.75) is 32.6 Å². The van der Waals surface area contributed by atoms with Crippen LogP contribution in [-0.2, 0) is 0 Å². The van der Waals surface area contributed by atoms with Gasteiger partial charge in [-0.3, -0.25) is 4.79 Å². The minimum atomic E-state index is -0.100. The van der Waals surface area contributed by atoms with Crippen molar-refractivity contribution in [3.63, 3.8) is 0 Å². The molecule has 0 heterocycles. The van der Waals surface area contributed by atoms with Gasteiger partial charge in [-0.1, -0.05) is 11.6 Å². The number of allylic oxidation sites excluding steroid dienone is 1. The minimum Gasteiger partial charge on any atom is -0.494 e. The normalized spacial score (nSPS) is 13.9. The lowest BCUT2D eigenvalue weighted by Crippen LogP contribution is -2.24. The van der Waals surface area contributed by atoms with Gasteiger partial charge in [0.15, 0.2) is 0 Å². The Bertz CT molecular complexity index is 509. The Kier molecular flexibility index (Phi) is 5.04. The third-order valence-electron chi connectivity index (χ3n) is 3.37. The van der Waals surface area contributed by atoms with Crippen molar-refractivity contribution in [3.8, 4) is 5.75 Å². The van der Waals surface area contributed by atoms with Crippen molar-refractivity contribution < 1.29 is 9.53 Å². The molecule has 1 amide bonds. The number of anilines is 1. The summed E-state index contributed by atoms with van der Waals surface area (Å²) in [5, 5.41) is 2.93. The lowest BCUT2D eigenvalue weighted by atomic mass is 10.1. The predicted octanol–water partition coefficient (Wildman–Crippen LogP) is 2.90. The third-order valence-corrected chi connectivity index (χ3v) is 3.37. The fraction of sp³-hybridized carbons (Fsp3) is 0.438. The Morgan fingerprint density at radius 3 is 2.95 bits per heavy atom. The molecule has 0 saturated heterocycles. The van der Waals surface area contributed by atoms with E-state index in [2.05, 4.69) is 11.4 Å². The Balaban J connectivity index is 1.90. The van der Waals surface area contributed by atoms with E-state index in [1.165, 1.54) is 24.8 Å². The maximum Gasteiger partial charge on any atom is 0.251 e. The van der Waals surface area contributed by atoms with Gasteiger partial charge in [-0.05, 0) is 44.7 Å². The van der Waals surface area contributed by atoms with Crippen LogP contribution >= 0.6 is 0 Å². The first-order chi connectivity index (χ1) is 9.69. The molecule has 4 nitrogen and oxygen atoms in total. The second-order valence-electron chi connectivity index (χ2n) is 4.98. The van der Waals surface area contributed by atoms with Gasteiger partial charge in [0.25, 0.3) is 5.91 Å². The zero-order valence-electron chi connectivity index (χ0n) is 11.9. The van der Waals surface area contributed by atoms with E-state index < -0.39 is 0 Å². The first kappa shape index (κ1) is 14.4. The van der Waals surface area contributed by atoms with Crippen LogP contribution in [0.15, 0.2) is 29.8 Å². The van der Waals surface area contributed by atoms with Crippen LogP contribution in [0.1, 0.15) is 43.0 Å². The second-order valence-corrected chi connectivity index (χ2v) is 4.98. The van der Waals surface area contributed by atoms with E-state index in [1.807, 2.05) is 6.92 Å². The molecule has 0 atom stereocenters. The van der Waals surface area contributed by atoms with Gasteiger partial charge < -0.3 is 15.8 Å². The maximum atomic E-state index is 12.1. The molecule has 0 aromatic heterocycles. The Morgan fingerprint density at radius 1 is 1.40 bits per heavy atom. The molecule has 1 aromatic rings. The molecule has 1 aromatic carbocycles. The van der Waals surface area contributed by atoms with E-state index in [9.17, 15) is 4.79 Å². The van der Waals surface area contributed by atoms with Gasteiger partial charge in [0.05, 0.1) is 6.61 Å². The van der Waals surface area contributed by atoms with Crippen LogP contribution in [0.2, 0.25) is 0 Å². The summed E-state index contributed by atoms with van der Waals surface area (Å²) in [5.74, 6) is 0.535. The van der Waals surface area contributed by atoms with Crippen molar-refractivity contribution in [2.24, 2.45) is 0 Å². The number of rotatable bonds is 6. The highest BCUT2D eigenvalue weighted by Gasteiger charge is 2.09. The number of carbonyl (C=O) groups is 1. The van der Waals surface area contributed by atoms with Gasteiger partial charge >= 0.3 is 0 Å². The molecule has 0 bridgehead atoms. The summed E-state index contributed by atoms with van der Waals surface area (Å²) < 4.78 is 5.39. The number of carbonyl (C=O) groups excluding carboxylic acids is 1. The standard InChI is InChI=1S/C16H22N2O2/c1-2-20-15-10-13(9-14(17)11-15)16(19)18-8-7-12-5-3-4-6-12/h5,9-11H,2-4,6-8,17H2,1H3,(H,18,19). The Hall–Kier alpha value is -1.97. The van der Waals surface area contributed by atoms with Gasteiger partial charge in [0, 0.05) is 23.9 Å². The van der Waals surface area contributed by atoms with Crippen molar-refractivity contribution in [1.82, 2.24) is 5.32 Å². The summed E-state index contributed by atoms with van der Waals surface area (Å²) in [6.07, 6.45) is 6.81. The number of hydrogen-bond acceptors (Lipinski definition) is 3. The predicted molar refractivity (Wildman–Crippen MR) is 80.9 cm³/mol. The number of benzene rings is 1. The van der Waals surface area contributed by atoms with E-state index in [4.69, 9.17) is 10.5 Å². The molecule has 108 valence electrons. The molecule has 0 radical (unpaired) electrons. The zero-order valence-corrected chi connectivity index (χ0v) is 11.9. The molecule has 2 rings (SSSR count). The Labute approximate surface area is 120 Å². The number of hydrogen-bond donors (Lipinski definition) is 2. The smallest absolute Gasteiger partial charge is 0.251 e. The summed E-state index contributed by atoms with van der Waals surface area (Å²) >= 11 is 0. The van der Waals surface area contributed by atoms with E-state index in [1.54, 1.807) is 18.2 Å². The molecule has 1 aliphatic rings. The maximum absolute atomic E-state index is 12.1. The van der Waals surface area contributed by atoms with Crippen molar-refractivity contribution in [1.29, 1.82) is 0 Å².